The lowest BCUT2D eigenvalue weighted by Crippen LogP contribution is -2.24. The third-order valence-electron chi connectivity index (χ3n) is 2.69. The van der Waals surface area contributed by atoms with Crippen LogP contribution in [0.4, 0.5) is 0 Å². The first kappa shape index (κ1) is 21.5. The molecule has 1 aromatic rings. The predicted octanol–water partition coefficient (Wildman–Crippen LogP) is 1.95. The summed E-state index contributed by atoms with van der Waals surface area (Å²) in [5.41, 5.74) is 7.80. The Kier molecular flexibility index (Phi) is 12.9. The lowest BCUT2D eigenvalue weighted by atomic mass is 10.1. The van der Waals surface area contributed by atoms with Crippen molar-refractivity contribution in [1.29, 1.82) is 0 Å². The van der Waals surface area contributed by atoms with Crippen molar-refractivity contribution in [2.24, 2.45) is 5.73 Å². The quantitative estimate of drug-likeness (QED) is 0.807. The van der Waals surface area contributed by atoms with E-state index in [0.717, 1.165) is 13.0 Å². The summed E-state index contributed by atoms with van der Waals surface area (Å²) in [6.07, 6.45) is 1.25. The largest absolute Gasteiger partial charge is 0.352 e. The molecule has 0 radical (unpaired) electrons. The Morgan fingerprint density at radius 2 is 1.80 bits per heavy atom. The monoisotopic (exact) mass is 321 g/mol. The average molecular weight is 322 g/mol. The van der Waals surface area contributed by atoms with Gasteiger partial charge in [-0.05, 0) is 38.2 Å². The summed E-state index contributed by atoms with van der Waals surface area (Å²) < 4.78 is 0. The van der Waals surface area contributed by atoms with Gasteiger partial charge in [0.05, 0.1) is 0 Å². The molecule has 0 unspecified atom stereocenters. The van der Waals surface area contributed by atoms with Crippen LogP contribution >= 0.6 is 24.8 Å². The van der Waals surface area contributed by atoms with Crippen molar-refractivity contribution in [3.8, 4) is 0 Å². The van der Waals surface area contributed by atoms with Gasteiger partial charge in [0, 0.05) is 19.5 Å². The Hall–Kier alpha value is -0.810. The number of carbonyl (C=O) groups is 1. The summed E-state index contributed by atoms with van der Waals surface area (Å²) in [6.45, 7) is 2.03. The standard InChI is InChI=1S/C14H23N3O.2ClH/c1-17(2)11-13-7-4-3-6-12(13)10-16-14(18)8-5-9-15;;/h3-4,6-7H,5,8-11,15H2,1-2H3,(H,16,18);2*1H. The molecule has 4 nitrogen and oxygen atoms in total. The predicted molar refractivity (Wildman–Crippen MR) is 88.5 cm³/mol. The van der Waals surface area contributed by atoms with Crippen molar-refractivity contribution in [3.05, 3.63) is 35.4 Å². The SMILES string of the molecule is CN(C)Cc1ccccc1CNC(=O)CCCN.Cl.Cl. The van der Waals surface area contributed by atoms with Crippen molar-refractivity contribution >= 4 is 30.7 Å². The van der Waals surface area contributed by atoms with Crippen LogP contribution in [0.5, 0.6) is 0 Å². The number of benzene rings is 1. The van der Waals surface area contributed by atoms with Crippen molar-refractivity contribution in [2.45, 2.75) is 25.9 Å². The maximum absolute atomic E-state index is 11.5. The molecular formula is C14H25Cl2N3O. The number of halogens is 2. The van der Waals surface area contributed by atoms with Crippen LogP contribution in [0, 0.1) is 0 Å². The topological polar surface area (TPSA) is 58.4 Å². The van der Waals surface area contributed by atoms with Crippen LogP contribution in [-0.2, 0) is 17.9 Å². The highest BCUT2D eigenvalue weighted by molar-refractivity contribution is 5.85. The smallest absolute Gasteiger partial charge is 0.220 e. The van der Waals surface area contributed by atoms with Crippen LogP contribution in [0.2, 0.25) is 0 Å². The van der Waals surface area contributed by atoms with Crippen LogP contribution in [0.25, 0.3) is 0 Å². The zero-order chi connectivity index (χ0) is 13.4. The van der Waals surface area contributed by atoms with Crippen LogP contribution in [0.3, 0.4) is 0 Å². The van der Waals surface area contributed by atoms with E-state index in [1.807, 2.05) is 26.2 Å². The summed E-state index contributed by atoms with van der Waals surface area (Å²) in [4.78, 5) is 13.7. The van der Waals surface area contributed by atoms with Gasteiger partial charge in [-0.15, -0.1) is 24.8 Å². The lowest BCUT2D eigenvalue weighted by molar-refractivity contribution is -0.121. The summed E-state index contributed by atoms with van der Waals surface area (Å²) in [5, 5.41) is 2.93. The number of rotatable bonds is 7. The maximum Gasteiger partial charge on any atom is 0.220 e. The number of nitrogens with two attached hydrogens (primary N) is 1. The molecule has 0 aromatic heterocycles. The molecule has 1 amide bonds. The second kappa shape index (κ2) is 12.0. The lowest BCUT2D eigenvalue weighted by Gasteiger charge is -2.14. The van der Waals surface area contributed by atoms with Gasteiger partial charge in [0.1, 0.15) is 0 Å². The zero-order valence-electron chi connectivity index (χ0n) is 12.1. The van der Waals surface area contributed by atoms with E-state index in [4.69, 9.17) is 5.73 Å². The van der Waals surface area contributed by atoms with Gasteiger partial charge in [-0.25, -0.2) is 0 Å². The van der Waals surface area contributed by atoms with E-state index in [9.17, 15) is 4.79 Å². The van der Waals surface area contributed by atoms with E-state index in [1.54, 1.807) is 0 Å². The fourth-order valence-electron chi connectivity index (χ4n) is 1.77. The van der Waals surface area contributed by atoms with Crippen molar-refractivity contribution in [2.75, 3.05) is 20.6 Å². The molecule has 1 aromatic carbocycles. The number of nitrogens with one attached hydrogen (secondary N) is 1. The number of carbonyl (C=O) groups excluding carboxylic acids is 1. The fourth-order valence-corrected chi connectivity index (χ4v) is 1.77. The van der Waals surface area contributed by atoms with Gasteiger partial charge in [0.15, 0.2) is 0 Å². The molecule has 0 aliphatic rings. The normalized spacial score (nSPS) is 9.60. The molecule has 0 saturated carbocycles. The van der Waals surface area contributed by atoms with Crippen molar-refractivity contribution in [1.82, 2.24) is 10.2 Å². The van der Waals surface area contributed by atoms with Gasteiger partial charge in [-0.3, -0.25) is 4.79 Å². The molecule has 116 valence electrons. The van der Waals surface area contributed by atoms with E-state index >= 15 is 0 Å². The maximum atomic E-state index is 11.5. The number of nitrogens with zero attached hydrogens (tertiary/aromatic N) is 1. The summed E-state index contributed by atoms with van der Waals surface area (Å²) in [6, 6.07) is 8.18. The van der Waals surface area contributed by atoms with E-state index < -0.39 is 0 Å². The molecule has 0 bridgehead atoms. The minimum Gasteiger partial charge on any atom is -0.352 e. The highest BCUT2D eigenvalue weighted by Gasteiger charge is 2.05. The Morgan fingerprint density at radius 1 is 1.20 bits per heavy atom. The van der Waals surface area contributed by atoms with Crippen LogP contribution in [0.1, 0.15) is 24.0 Å². The van der Waals surface area contributed by atoms with E-state index in [2.05, 4.69) is 22.3 Å². The van der Waals surface area contributed by atoms with Crippen LogP contribution < -0.4 is 11.1 Å². The molecule has 0 fully saturated rings. The molecule has 0 heterocycles. The van der Waals surface area contributed by atoms with Gasteiger partial charge >= 0.3 is 0 Å². The molecule has 6 heteroatoms. The van der Waals surface area contributed by atoms with Gasteiger partial charge in [0.2, 0.25) is 5.91 Å². The minimum atomic E-state index is 0. The molecular weight excluding hydrogens is 297 g/mol. The average Bonchev–Trinajstić information content (AvgIpc) is 2.34. The van der Waals surface area contributed by atoms with Gasteiger partial charge in [0.25, 0.3) is 0 Å². The third-order valence-corrected chi connectivity index (χ3v) is 2.69. The Balaban J connectivity index is 0. The highest BCUT2D eigenvalue weighted by Crippen LogP contribution is 2.10. The first-order chi connectivity index (χ1) is 8.63. The molecule has 20 heavy (non-hydrogen) atoms. The molecule has 0 saturated heterocycles. The van der Waals surface area contributed by atoms with Crippen LogP contribution in [-0.4, -0.2) is 31.4 Å². The van der Waals surface area contributed by atoms with E-state index in [1.165, 1.54) is 11.1 Å². The first-order valence-electron chi connectivity index (χ1n) is 6.31. The molecule has 0 atom stereocenters. The van der Waals surface area contributed by atoms with E-state index in [-0.39, 0.29) is 30.7 Å². The van der Waals surface area contributed by atoms with Gasteiger partial charge in [-0.2, -0.15) is 0 Å². The van der Waals surface area contributed by atoms with Crippen molar-refractivity contribution in [3.63, 3.8) is 0 Å². The van der Waals surface area contributed by atoms with Gasteiger partial charge in [-0.1, -0.05) is 24.3 Å². The van der Waals surface area contributed by atoms with Gasteiger partial charge < -0.3 is 16.0 Å². The number of amides is 1. The Morgan fingerprint density at radius 3 is 2.35 bits per heavy atom. The Bertz CT molecular complexity index is 386. The number of hydrogen-bond acceptors (Lipinski definition) is 3. The molecule has 3 N–H and O–H groups in total. The van der Waals surface area contributed by atoms with Crippen molar-refractivity contribution < 1.29 is 4.79 Å². The van der Waals surface area contributed by atoms with Crippen LogP contribution in [0.15, 0.2) is 24.3 Å². The summed E-state index contributed by atoms with van der Waals surface area (Å²) >= 11 is 0. The highest BCUT2D eigenvalue weighted by atomic mass is 35.5. The fraction of sp³-hybridized carbons (Fsp3) is 0.500. The zero-order valence-corrected chi connectivity index (χ0v) is 13.7. The minimum absolute atomic E-state index is 0. The summed E-state index contributed by atoms with van der Waals surface area (Å²) in [7, 11) is 4.08. The second-order valence-electron chi connectivity index (χ2n) is 4.68. The molecule has 0 aliphatic heterocycles. The molecule has 0 aliphatic carbocycles. The molecule has 0 spiro atoms. The third kappa shape index (κ3) is 8.38. The second-order valence-corrected chi connectivity index (χ2v) is 4.68. The van der Waals surface area contributed by atoms with E-state index in [0.29, 0.717) is 19.5 Å². The Labute approximate surface area is 133 Å². The number of hydrogen-bond donors (Lipinski definition) is 2. The molecule has 1 rings (SSSR count). The summed E-state index contributed by atoms with van der Waals surface area (Å²) in [5.74, 6) is 0.0695. The first-order valence-corrected chi connectivity index (χ1v) is 6.31.